The van der Waals surface area contributed by atoms with Gasteiger partial charge in [-0.15, -0.1) is 0 Å². The molecule has 17 heavy (non-hydrogen) atoms. The van der Waals surface area contributed by atoms with Gasteiger partial charge in [0.2, 0.25) is 5.91 Å². The lowest BCUT2D eigenvalue weighted by atomic mass is 9.92. The standard InChI is InChI=1S/C13H23NO2S/c1-13(16)4-6-14(7-5-13)12(15)10-11-2-8-17-9-3-11/h11,16H,2-10H2,1H3. The molecule has 0 aliphatic carbocycles. The Morgan fingerprint density at radius 2 is 1.94 bits per heavy atom. The third-order valence-electron chi connectivity index (χ3n) is 4.00. The first kappa shape index (κ1) is 13.2. The number of amides is 1. The SMILES string of the molecule is CC1(O)CCN(C(=O)CC2CCSCC2)CC1. The van der Waals surface area contributed by atoms with Gasteiger partial charge in [-0.05, 0) is 50.0 Å². The summed E-state index contributed by atoms with van der Waals surface area (Å²) in [4.78, 5) is 14.1. The van der Waals surface area contributed by atoms with Gasteiger partial charge in [0.05, 0.1) is 5.60 Å². The summed E-state index contributed by atoms with van der Waals surface area (Å²) in [6.07, 6.45) is 4.56. The minimum Gasteiger partial charge on any atom is -0.390 e. The minimum atomic E-state index is -0.557. The van der Waals surface area contributed by atoms with Gasteiger partial charge in [-0.3, -0.25) is 4.79 Å². The Hall–Kier alpha value is -0.220. The summed E-state index contributed by atoms with van der Waals surface area (Å²) in [5.41, 5.74) is -0.557. The number of thioether (sulfide) groups is 1. The molecule has 3 nitrogen and oxygen atoms in total. The van der Waals surface area contributed by atoms with Crippen LogP contribution in [-0.2, 0) is 4.79 Å². The number of aliphatic hydroxyl groups is 1. The monoisotopic (exact) mass is 257 g/mol. The molecule has 0 aromatic rings. The third kappa shape index (κ3) is 3.88. The maximum absolute atomic E-state index is 12.1. The van der Waals surface area contributed by atoms with Gasteiger partial charge in [0, 0.05) is 19.5 Å². The zero-order valence-corrected chi connectivity index (χ0v) is 11.5. The van der Waals surface area contributed by atoms with E-state index in [9.17, 15) is 9.90 Å². The molecule has 2 fully saturated rings. The molecule has 0 aromatic carbocycles. The maximum Gasteiger partial charge on any atom is 0.222 e. The van der Waals surface area contributed by atoms with Crippen LogP contribution in [0.15, 0.2) is 0 Å². The van der Waals surface area contributed by atoms with Crippen molar-refractivity contribution < 1.29 is 9.90 Å². The number of carbonyl (C=O) groups excluding carboxylic acids is 1. The van der Waals surface area contributed by atoms with Crippen molar-refractivity contribution in [1.82, 2.24) is 4.90 Å². The van der Waals surface area contributed by atoms with E-state index >= 15 is 0 Å². The number of nitrogens with zero attached hydrogens (tertiary/aromatic N) is 1. The van der Waals surface area contributed by atoms with Crippen LogP contribution in [0.5, 0.6) is 0 Å². The van der Waals surface area contributed by atoms with Crippen molar-refractivity contribution in [3.63, 3.8) is 0 Å². The van der Waals surface area contributed by atoms with E-state index in [4.69, 9.17) is 0 Å². The second-order valence-corrected chi connectivity index (χ2v) is 6.86. The molecule has 1 N–H and O–H groups in total. The molecule has 0 saturated carbocycles. The van der Waals surface area contributed by atoms with E-state index in [0.29, 0.717) is 11.8 Å². The lowest BCUT2D eigenvalue weighted by Crippen LogP contribution is -2.45. The number of carbonyl (C=O) groups is 1. The molecule has 0 unspecified atom stereocenters. The van der Waals surface area contributed by atoms with Gasteiger partial charge < -0.3 is 10.0 Å². The van der Waals surface area contributed by atoms with Gasteiger partial charge in [-0.2, -0.15) is 11.8 Å². The fourth-order valence-corrected chi connectivity index (χ4v) is 3.77. The highest BCUT2D eigenvalue weighted by Gasteiger charge is 2.30. The van der Waals surface area contributed by atoms with Crippen LogP contribution < -0.4 is 0 Å². The zero-order chi connectivity index (χ0) is 12.3. The molecular formula is C13H23NO2S. The van der Waals surface area contributed by atoms with E-state index in [1.54, 1.807) is 0 Å². The van der Waals surface area contributed by atoms with Crippen molar-refractivity contribution in [2.24, 2.45) is 5.92 Å². The van der Waals surface area contributed by atoms with E-state index in [1.807, 2.05) is 23.6 Å². The maximum atomic E-state index is 12.1. The molecule has 98 valence electrons. The van der Waals surface area contributed by atoms with Gasteiger partial charge in [0.1, 0.15) is 0 Å². The Bertz CT molecular complexity index is 265. The molecule has 0 aromatic heterocycles. The molecule has 2 rings (SSSR count). The molecule has 0 radical (unpaired) electrons. The van der Waals surface area contributed by atoms with Crippen LogP contribution in [0, 0.1) is 5.92 Å². The van der Waals surface area contributed by atoms with Crippen molar-refractivity contribution in [3.05, 3.63) is 0 Å². The van der Waals surface area contributed by atoms with Crippen molar-refractivity contribution >= 4 is 17.7 Å². The summed E-state index contributed by atoms with van der Waals surface area (Å²) in [5, 5.41) is 9.85. The molecule has 2 saturated heterocycles. The first-order valence-corrected chi connectivity index (χ1v) is 7.80. The summed E-state index contributed by atoms with van der Waals surface area (Å²) >= 11 is 2.00. The van der Waals surface area contributed by atoms with E-state index < -0.39 is 5.60 Å². The predicted molar refractivity (Wildman–Crippen MR) is 71.1 cm³/mol. The Kier molecular flexibility index (Phi) is 4.36. The van der Waals surface area contributed by atoms with E-state index in [2.05, 4.69) is 0 Å². The third-order valence-corrected chi connectivity index (χ3v) is 5.05. The van der Waals surface area contributed by atoms with Crippen LogP contribution in [-0.4, -0.2) is 46.1 Å². The highest BCUT2D eigenvalue weighted by Crippen LogP contribution is 2.27. The summed E-state index contributed by atoms with van der Waals surface area (Å²) in [7, 11) is 0. The van der Waals surface area contributed by atoms with Crippen LogP contribution in [0.2, 0.25) is 0 Å². The molecule has 4 heteroatoms. The Morgan fingerprint density at radius 1 is 1.35 bits per heavy atom. The average molecular weight is 257 g/mol. The van der Waals surface area contributed by atoms with Crippen LogP contribution >= 0.6 is 11.8 Å². The summed E-state index contributed by atoms with van der Waals surface area (Å²) in [5.74, 6) is 3.34. The molecule has 1 amide bonds. The summed E-state index contributed by atoms with van der Waals surface area (Å²) < 4.78 is 0. The topological polar surface area (TPSA) is 40.5 Å². The largest absolute Gasteiger partial charge is 0.390 e. The highest BCUT2D eigenvalue weighted by atomic mass is 32.2. The van der Waals surface area contributed by atoms with E-state index in [-0.39, 0.29) is 0 Å². The molecule has 0 bridgehead atoms. The second-order valence-electron chi connectivity index (χ2n) is 5.64. The van der Waals surface area contributed by atoms with Gasteiger partial charge in [0.15, 0.2) is 0 Å². The molecule has 2 aliphatic heterocycles. The quantitative estimate of drug-likeness (QED) is 0.821. The second kappa shape index (κ2) is 5.61. The van der Waals surface area contributed by atoms with Crippen molar-refractivity contribution in [2.75, 3.05) is 24.6 Å². The predicted octanol–water partition coefficient (Wildman–Crippen LogP) is 1.89. The van der Waals surface area contributed by atoms with Crippen LogP contribution in [0.3, 0.4) is 0 Å². The van der Waals surface area contributed by atoms with Gasteiger partial charge in [-0.1, -0.05) is 0 Å². The van der Waals surface area contributed by atoms with Gasteiger partial charge in [0.25, 0.3) is 0 Å². The lowest BCUT2D eigenvalue weighted by molar-refractivity contribution is -0.136. The zero-order valence-electron chi connectivity index (χ0n) is 10.7. The van der Waals surface area contributed by atoms with Crippen molar-refractivity contribution in [3.8, 4) is 0 Å². The molecule has 2 heterocycles. The first-order valence-electron chi connectivity index (χ1n) is 6.65. The number of hydrogen-bond acceptors (Lipinski definition) is 3. The average Bonchev–Trinajstić information content (AvgIpc) is 2.30. The van der Waals surface area contributed by atoms with Crippen molar-refractivity contribution in [1.29, 1.82) is 0 Å². The normalized spacial score (nSPS) is 25.9. The van der Waals surface area contributed by atoms with Gasteiger partial charge in [-0.25, -0.2) is 0 Å². The smallest absolute Gasteiger partial charge is 0.222 e. The number of hydrogen-bond donors (Lipinski definition) is 1. The highest BCUT2D eigenvalue weighted by molar-refractivity contribution is 7.99. The Labute approximate surface area is 108 Å². The molecule has 0 spiro atoms. The Morgan fingerprint density at radius 3 is 2.53 bits per heavy atom. The molecular weight excluding hydrogens is 234 g/mol. The summed E-state index contributed by atoms with van der Waals surface area (Å²) in [6, 6.07) is 0. The minimum absolute atomic E-state index is 0.303. The summed E-state index contributed by atoms with van der Waals surface area (Å²) in [6.45, 7) is 3.33. The van der Waals surface area contributed by atoms with E-state index in [0.717, 1.165) is 32.4 Å². The van der Waals surface area contributed by atoms with E-state index in [1.165, 1.54) is 24.3 Å². The fraction of sp³-hybridized carbons (Fsp3) is 0.923. The van der Waals surface area contributed by atoms with Crippen LogP contribution in [0.4, 0.5) is 0 Å². The number of piperidine rings is 1. The number of rotatable bonds is 2. The van der Waals surface area contributed by atoms with Gasteiger partial charge >= 0.3 is 0 Å². The van der Waals surface area contributed by atoms with Crippen LogP contribution in [0.1, 0.15) is 39.0 Å². The number of likely N-dealkylation sites (tertiary alicyclic amines) is 1. The first-order chi connectivity index (χ1) is 8.07. The van der Waals surface area contributed by atoms with Crippen LogP contribution in [0.25, 0.3) is 0 Å². The fourth-order valence-electron chi connectivity index (χ4n) is 2.56. The molecule has 2 aliphatic rings. The lowest BCUT2D eigenvalue weighted by Gasteiger charge is -2.36. The van der Waals surface area contributed by atoms with Crippen molar-refractivity contribution in [2.45, 2.75) is 44.6 Å². The Balaban J connectivity index is 1.76. The molecule has 0 atom stereocenters.